The van der Waals surface area contributed by atoms with Gasteiger partial charge in [0.15, 0.2) is 0 Å². The zero-order valence-corrected chi connectivity index (χ0v) is 13.7. The predicted octanol–water partition coefficient (Wildman–Crippen LogP) is 3.18. The van der Waals surface area contributed by atoms with Crippen molar-refractivity contribution in [1.82, 2.24) is 4.90 Å². The number of para-hydroxylation sites is 1. The number of aliphatic hydroxyl groups is 1. The van der Waals surface area contributed by atoms with Gasteiger partial charge in [-0.2, -0.15) is 0 Å². The molecule has 4 nitrogen and oxygen atoms in total. The fourth-order valence-corrected chi connectivity index (χ4v) is 3.31. The first-order valence-corrected chi connectivity index (χ1v) is 8.17. The Morgan fingerprint density at radius 3 is 2.76 bits per heavy atom. The van der Waals surface area contributed by atoms with Gasteiger partial charge in [0.05, 0.1) is 17.7 Å². The van der Waals surface area contributed by atoms with E-state index >= 15 is 0 Å². The minimum atomic E-state index is -0.840. The van der Waals surface area contributed by atoms with Gasteiger partial charge in [0, 0.05) is 12.1 Å². The van der Waals surface area contributed by atoms with Crippen LogP contribution in [0.4, 0.5) is 8.78 Å². The van der Waals surface area contributed by atoms with Crippen molar-refractivity contribution >= 4 is 5.91 Å². The highest BCUT2D eigenvalue weighted by Crippen LogP contribution is 2.36. The molecule has 0 radical (unpaired) electrons. The maximum Gasteiger partial charge on any atom is 0.258 e. The molecule has 1 amide bonds. The molecule has 1 saturated heterocycles. The number of aromatic hydroxyl groups is 1. The number of carbonyl (C=O) groups is 1. The van der Waals surface area contributed by atoms with Gasteiger partial charge in [-0.1, -0.05) is 19.1 Å². The molecule has 2 N–H and O–H groups in total. The molecule has 0 aromatic heterocycles. The summed E-state index contributed by atoms with van der Waals surface area (Å²) < 4.78 is 27.7. The first-order chi connectivity index (χ1) is 11.9. The van der Waals surface area contributed by atoms with Crippen LogP contribution in [-0.4, -0.2) is 33.7 Å². The third-order valence-corrected chi connectivity index (χ3v) is 4.59. The van der Waals surface area contributed by atoms with Gasteiger partial charge >= 0.3 is 0 Å². The van der Waals surface area contributed by atoms with Crippen molar-refractivity contribution in [3.05, 3.63) is 64.7 Å². The van der Waals surface area contributed by atoms with Gasteiger partial charge in [0.1, 0.15) is 17.4 Å². The second-order valence-corrected chi connectivity index (χ2v) is 6.20. The van der Waals surface area contributed by atoms with Gasteiger partial charge in [-0.15, -0.1) is 0 Å². The van der Waals surface area contributed by atoms with E-state index in [1.807, 2.05) is 6.92 Å². The lowest BCUT2D eigenvalue weighted by atomic mass is 10.0. The monoisotopic (exact) mass is 347 g/mol. The van der Waals surface area contributed by atoms with E-state index in [1.165, 1.54) is 11.0 Å². The second kappa shape index (κ2) is 6.80. The summed E-state index contributed by atoms with van der Waals surface area (Å²) in [6.07, 6.45) is -0.175. The molecule has 0 spiro atoms. The van der Waals surface area contributed by atoms with Crippen molar-refractivity contribution < 1.29 is 23.8 Å². The quantitative estimate of drug-likeness (QED) is 0.896. The summed E-state index contributed by atoms with van der Waals surface area (Å²) in [4.78, 5) is 14.2. The van der Waals surface area contributed by atoms with E-state index in [9.17, 15) is 23.8 Å². The lowest BCUT2D eigenvalue weighted by molar-refractivity contribution is 0.0710. The number of benzene rings is 2. The molecule has 0 bridgehead atoms. The van der Waals surface area contributed by atoms with E-state index in [0.29, 0.717) is 12.0 Å². The molecule has 132 valence electrons. The number of amides is 1. The molecule has 2 aromatic carbocycles. The van der Waals surface area contributed by atoms with E-state index in [1.54, 1.807) is 12.1 Å². The van der Waals surface area contributed by atoms with Gasteiger partial charge in [-0.3, -0.25) is 4.79 Å². The summed E-state index contributed by atoms with van der Waals surface area (Å²) >= 11 is 0. The standard InChI is InChI=1S/C19H19F2NO3/c1-2-11-4-3-5-14(18(11)24)19(25)22-10-13(23)9-17(22)15-8-12(20)6-7-16(15)21/h3-8,13,17,23-24H,2,9-10H2,1H3. The minimum Gasteiger partial charge on any atom is -0.507 e. The number of phenolic OH excluding ortho intramolecular Hbond substituents is 1. The summed E-state index contributed by atoms with van der Waals surface area (Å²) in [5, 5.41) is 20.3. The summed E-state index contributed by atoms with van der Waals surface area (Å²) in [6, 6.07) is 7.13. The predicted molar refractivity (Wildman–Crippen MR) is 88.2 cm³/mol. The van der Waals surface area contributed by atoms with Crippen LogP contribution in [0.1, 0.15) is 40.9 Å². The molecule has 1 aliphatic heterocycles. The van der Waals surface area contributed by atoms with Gasteiger partial charge in [0.25, 0.3) is 5.91 Å². The number of hydrogen-bond acceptors (Lipinski definition) is 3. The molecule has 1 fully saturated rings. The number of phenols is 1. The van der Waals surface area contributed by atoms with Crippen LogP contribution in [0.5, 0.6) is 5.75 Å². The number of likely N-dealkylation sites (tertiary alicyclic amines) is 1. The van der Waals surface area contributed by atoms with Gasteiger partial charge in [-0.05, 0) is 42.7 Å². The average molecular weight is 347 g/mol. The van der Waals surface area contributed by atoms with Crippen LogP contribution >= 0.6 is 0 Å². The molecule has 25 heavy (non-hydrogen) atoms. The first-order valence-electron chi connectivity index (χ1n) is 8.17. The molecule has 2 aromatic rings. The highest BCUT2D eigenvalue weighted by atomic mass is 19.1. The number of hydrogen-bond donors (Lipinski definition) is 2. The Morgan fingerprint density at radius 2 is 2.04 bits per heavy atom. The summed E-state index contributed by atoms with van der Waals surface area (Å²) in [5.74, 6) is -1.88. The van der Waals surface area contributed by atoms with Crippen LogP contribution in [0.15, 0.2) is 36.4 Å². The SMILES string of the molecule is CCc1cccc(C(=O)N2CC(O)CC2c2cc(F)ccc2F)c1O. The van der Waals surface area contributed by atoms with Crippen LogP contribution < -0.4 is 0 Å². The molecule has 6 heteroatoms. The Hall–Kier alpha value is -2.47. The third kappa shape index (κ3) is 3.22. The zero-order chi connectivity index (χ0) is 18.1. The fraction of sp³-hybridized carbons (Fsp3) is 0.316. The van der Waals surface area contributed by atoms with Crippen LogP contribution in [0.3, 0.4) is 0 Å². The summed E-state index contributed by atoms with van der Waals surface area (Å²) in [5.41, 5.74) is 0.741. The number of aryl methyl sites for hydroxylation is 1. The highest BCUT2D eigenvalue weighted by molar-refractivity contribution is 5.97. The van der Waals surface area contributed by atoms with E-state index in [2.05, 4.69) is 0 Å². The Labute approximate surface area is 144 Å². The number of halogens is 2. The van der Waals surface area contributed by atoms with Crippen LogP contribution in [0, 0.1) is 11.6 Å². The Morgan fingerprint density at radius 1 is 1.28 bits per heavy atom. The molecule has 0 saturated carbocycles. The Balaban J connectivity index is 2.00. The van der Waals surface area contributed by atoms with Crippen molar-refractivity contribution in [2.75, 3.05) is 6.54 Å². The molecule has 3 rings (SSSR count). The number of nitrogens with zero attached hydrogens (tertiary/aromatic N) is 1. The lowest BCUT2D eigenvalue weighted by Crippen LogP contribution is -2.32. The average Bonchev–Trinajstić information content (AvgIpc) is 2.98. The third-order valence-electron chi connectivity index (χ3n) is 4.59. The highest BCUT2D eigenvalue weighted by Gasteiger charge is 2.38. The first kappa shape index (κ1) is 17.4. The van der Waals surface area contributed by atoms with Crippen molar-refractivity contribution in [2.24, 2.45) is 0 Å². The molecule has 2 unspecified atom stereocenters. The zero-order valence-electron chi connectivity index (χ0n) is 13.7. The number of rotatable bonds is 3. The maximum atomic E-state index is 14.2. The van der Waals surface area contributed by atoms with Crippen molar-refractivity contribution in [3.63, 3.8) is 0 Å². The number of β-amino-alcohol motifs (C(OH)–C–C–N with tert-alkyl or cyclic N) is 1. The van der Waals surface area contributed by atoms with Gasteiger partial charge < -0.3 is 15.1 Å². The molecular formula is C19H19F2NO3. The molecule has 0 aliphatic carbocycles. The number of aliphatic hydroxyl groups excluding tert-OH is 1. The smallest absolute Gasteiger partial charge is 0.258 e. The minimum absolute atomic E-state index is 0.00472. The molecule has 1 heterocycles. The van der Waals surface area contributed by atoms with E-state index < -0.39 is 29.7 Å². The normalized spacial score (nSPS) is 20.1. The van der Waals surface area contributed by atoms with E-state index in [-0.39, 0.29) is 29.8 Å². The van der Waals surface area contributed by atoms with Crippen LogP contribution in [-0.2, 0) is 6.42 Å². The van der Waals surface area contributed by atoms with E-state index in [4.69, 9.17) is 0 Å². The summed E-state index contributed by atoms with van der Waals surface area (Å²) in [6.45, 7) is 1.85. The summed E-state index contributed by atoms with van der Waals surface area (Å²) in [7, 11) is 0. The van der Waals surface area contributed by atoms with Crippen molar-refractivity contribution in [1.29, 1.82) is 0 Å². The fourth-order valence-electron chi connectivity index (χ4n) is 3.31. The largest absolute Gasteiger partial charge is 0.507 e. The Bertz CT molecular complexity index is 809. The maximum absolute atomic E-state index is 14.2. The van der Waals surface area contributed by atoms with Crippen molar-refractivity contribution in [3.8, 4) is 5.75 Å². The lowest BCUT2D eigenvalue weighted by Gasteiger charge is -2.25. The van der Waals surface area contributed by atoms with Gasteiger partial charge in [0.2, 0.25) is 0 Å². The van der Waals surface area contributed by atoms with Crippen LogP contribution in [0.2, 0.25) is 0 Å². The molecule has 1 aliphatic rings. The van der Waals surface area contributed by atoms with Crippen LogP contribution in [0.25, 0.3) is 0 Å². The molecule has 2 atom stereocenters. The second-order valence-electron chi connectivity index (χ2n) is 6.20. The Kier molecular flexibility index (Phi) is 4.72. The van der Waals surface area contributed by atoms with Crippen molar-refractivity contribution in [2.45, 2.75) is 31.9 Å². The topological polar surface area (TPSA) is 60.8 Å². The molecular weight excluding hydrogens is 328 g/mol. The van der Waals surface area contributed by atoms with Gasteiger partial charge in [-0.25, -0.2) is 8.78 Å². The number of carbonyl (C=O) groups excluding carboxylic acids is 1. The van der Waals surface area contributed by atoms with E-state index in [0.717, 1.165) is 18.2 Å².